The molecule has 3 atom stereocenters. The van der Waals surface area contributed by atoms with Gasteiger partial charge >= 0.3 is 0 Å². The van der Waals surface area contributed by atoms with E-state index in [-0.39, 0.29) is 0 Å². The molecule has 2 aliphatic rings. The van der Waals surface area contributed by atoms with E-state index in [1.807, 2.05) is 30.7 Å². The lowest BCUT2D eigenvalue weighted by Gasteiger charge is -2.22. The largest absolute Gasteiger partial charge is 0.341 e. The molecule has 0 unspecified atom stereocenters. The van der Waals surface area contributed by atoms with Gasteiger partial charge in [0, 0.05) is 36.6 Å². The quantitative estimate of drug-likeness (QED) is 0.714. The van der Waals surface area contributed by atoms with Crippen molar-refractivity contribution in [3.63, 3.8) is 0 Å². The Bertz CT molecular complexity index is 979. The minimum absolute atomic E-state index is 0.548. The minimum atomic E-state index is 0.548. The molecule has 8 heteroatoms. The van der Waals surface area contributed by atoms with E-state index in [0.717, 1.165) is 52.9 Å². The normalized spacial score (nSPS) is 24.3. The van der Waals surface area contributed by atoms with Crippen molar-refractivity contribution in [1.82, 2.24) is 14.4 Å². The van der Waals surface area contributed by atoms with Crippen LogP contribution in [-0.2, 0) is 0 Å². The molecule has 3 aromatic rings. The molecule has 5 rings (SSSR count). The molecule has 2 aromatic heterocycles. The van der Waals surface area contributed by atoms with E-state index in [1.165, 1.54) is 11.8 Å². The second-order valence-electron chi connectivity index (χ2n) is 6.83. The summed E-state index contributed by atoms with van der Waals surface area (Å²) in [4.78, 5) is 13.5. The number of benzene rings is 1. The molecule has 0 amide bonds. The lowest BCUT2D eigenvalue weighted by Crippen LogP contribution is -2.28. The molecule has 0 bridgehead atoms. The van der Waals surface area contributed by atoms with E-state index < -0.39 is 0 Å². The van der Waals surface area contributed by atoms with Crippen molar-refractivity contribution in [2.24, 2.45) is 23.5 Å². The van der Waals surface area contributed by atoms with Crippen LogP contribution in [0, 0.1) is 17.8 Å². The van der Waals surface area contributed by atoms with Gasteiger partial charge in [0.2, 0.25) is 5.95 Å². The molecule has 0 radical (unpaired) electrons. The zero-order valence-corrected chi connectivity index (χ0v) is 16.2. The first-order valence-corrected chi connectivity index (χ1v) is 10.1. The molecule has 3 heterocycles. The summed E-state index contributed by atoms with van der Waals surface area (Å²) in [6.45, 7) is 2.85. The number of hydrogen-bond acceptors (Lipinski definition) is 5. The maximum absolute atomic E-state index is 6.33. The Balaban J connectivity index is 1.47. The van der Waals surface area contributed by atoms with Crippen LogP contribution in [0.2, 0.25) is 10.0 Å². The predicted octanol–water partition coefficient (Wildman–Crippen LogP) is 3.83. The third-order valence-electron chi connectivity index (χ3n) is 5.44. The molecular formula is C18H17Cl2N5S. The third kappa shape index (κ3) is 2.59. The Labute approximate surface area is 165 Å². The lowest BCUT2D eigenvalue weighted by atomic mass is 10.3. The first-order chi connectivity index (χ1) is 12.7. The van der Waals surface area contributed by atoms with E-state index in [9.17, 15) is 0 Å². The maximum atomic E-state index is 6.33. The van der Waals surface area contributed by atoms with E-state index in [4.69, 9.17) is 33.9 Å². The van der Waals surface area contributed by atoms with Gasteiger partial charge in [-0.2, -0.15) is 0 Å². The van der Waals surface area contributed by atoms with Crippen molar-refractivity contribution < 1.29 is 0 Å². The smallest absolute Gasteiger partial charge is 0.211 e. The molecule has 2 fully saturated rings. The van der Waals surface area contributed by atoms with Gasteiger partial charge in [0.05, 0.1) is 14.9 Å². The fraction of sp³-hybridized carbons (Fsp3) is 0.333. The molecule has 1 aromatic carbocycles. The number of anilines is 1. The molecule has 134 valence electrons. The van der Waals surface area contributed by atoms with Crippen LogP contribution in [0.25, 0.3) is 5.65 Å². The number of piperidine rings is 1. The summed E-state index contributed by atoms with van der Waals surface area (Å²) in [5.41, 5.74) is 6.71. The molecule has 1 saturated carbocycles. The predicted molar refractivity (Wildman–Crippen MR) is 105 cm³/mol. The van der Waals surface area contributed by atoms with E-state index in [1.54, 1.807) is 6.07 Å². The van der Waals surface area contributed by atoms with Crippen molar-refractivity contribution in [1.29, 1.82) is 0 Å². The van der Waals surface area contributed by atoms with Crippen molar-refractivity contribution >= 4 is 46.6 Å². The van der Waals surface area contributed by atoms with Gasteiger partial charge in [0.15, 0.2) is 5.65 Å². The third-order valence-corrected chi connectivity index (χ3v) is 7.44. The summed E-state index contributed by atoms with van der Waals surface area (Å²) in [7, 11) is 0. The summed E-state index contributed by atoms with van der Waals surface area (Å²) in [5, 5.41) is 1.10. The standard InChI is InChI=1S/C18H17Cl2N5S/c19-13-2-1-3-14(16(13)20)26-15-7-23-18(25-5-4-22-17(15)25)24-8-11-10(6-21)12(11)9-24/h1-5,7,10-12H,6,8-9,21H2/t10-,11+,12-. The first-order valence-electron chi connectivity index (χ1n) is 8.56. The molecular weight excluding hydrogens is 389 g/mol. The number of nitrogens with two attached hydrogens (primary N) is 1. The Morgan fingerprint density at radius 2 is 1.96 bits per heavy atom. The fourth-order valence-electron chi connectivity index (χ4n) is 4.03. The Kier molecular flexibility index (Phi) is 4.05. The average Bonchev–Trinajstić information content (AvgIpc) is 3.02. The van der Waals surface area contributed by atoms with Crippen LogP contribution in [0.3, 0.4) is 0 Å². The fourth-order valence-corrected chi connectivity index (χ4v) is 5.44. The summed E-state index contributed by atoms with van der Waals surface area (Å²) in [6.07, 6.45) is 5.65. The zero-order valence-electron chi connectivity index (χ0n) is 13.8. The van der Waals surface area contributed by atoms with Crippen LogP contribution in [0.15, 0.2) is 46.6 Å². The number of nitrogens with zero attached hydrogens (tertiary/aromatic N) is 4. The molecule has 1 saturated heterocycles. The van der Waals surface area contributed by atoms with Crippen LogP contribution >= 0.6 is 35.0 Å². The lowest BCUT2D eigenvalue weighted by molar-refractivity contribution is 0.636. The molecule has 26 heavy (non-hydrogen) atoms. The Morgan fingerprint density at radius 1 is 1.15 bits per heavy atom. The highest BCUT2D eigenvalue weighted by Gasteiger charge is 2.55. The number of rotatable bonds is 4. The number of fused-ring (bicyclic) bond motifs is 2. The topological polar surface area (TPSA) is 59.5 Å². The van der Waals surface area contributed by atoms with Crippen LogP contribution in [0.1, 0.15) is 0 Å². The minimum Gasteiger partial charge on any atom is -0.341 e. The SMILES string of the molecule is NC[C@H]1[C@H]2CN(c3ncc(Sc4cccc(Cl)c4Cl)c4nccn34)C[C@@H]12. The highest BCUT2D eigenvalue weighted by atomic mass is 35.5. The number of halogens is 2. The van der Waals surface area contributed by atoms with Gasteiger partial charge < -0.3 is 10.6 Å². The van der Waals surface area contributed by atoms with Gasteiger partial charge in [-0.25, -0.2) is 9.97 Å². The molecule has 1 aliphatic carbocycles. The highest BCUT2D eigenvalue weighted by molar-refractivity contribution is 7.99. The van der Waals surface area contributed by atoms with Crippen LogP contribution < -0.4 is 10.6 Å². The average molecular weight is 406 g/mol. The van der Waals surface area contributed by atoms with Crippen LogP contribution in [-0.4, -0.2) is 34.0 Å². The van der Waals surface area contributed by atoms with Crippen molar-refractivity contribution in [2.45, 2.75) is 9.79 Å². The van der Waals surface area contributed by atoms with Crippen molar-refractivity contribution in [2.75, 3.05) is 24.5 Å². The van der Waals surface area contributed by atoms with Gasteiger partial charge in [-0.05, 0) is 36.4 Å². The maximum Gasteiger partial charge on any atom is 0.211 e. The van der Waals surface area contributed by atoms with Crippen molar-refractivity contribution in [3.05, 3.63) is 46.8 Å². The second-order valence-corrected chi connectivity index (χ2v) is 8.70. The highest BCUT2D eigenvalue weighted by Crippen LogP contribution is 2.51. The van der Waals surface area contributed by atoms with Gasteiger partial charge in [-0.3, -0.25) is 4.40 Å². The molecule has 1 aliphatic heterocycles. The summed E-state index contributed by atoms with van der Waals surface area (Å²) < 4.78 is 2.06. The summed E-state index contributed by atoms with van der Waals surface area (Å²) in [5.74, 6) is 3.09. The van der Waals surface area contributed by atoms with E-state index in [2.05, 4.69) is 14.3 Å². The first kappa shape index (κ1) is 16.7. The van der Waals surface area contributed by atoms with Gasteiger partial charge in [0.1, 0.15) is 0 Å². The number of aromatic nitrogens is 3. The summed E-state index contributed by atoms with van der Waals surface area (Å²) >= 11 is 14.0. The monoisotopic (exact) mass is 405 g/mol. The zero-order chi connectivity index (χ0) is 17.8. The van der Waals surface area contributed by atoms with Gasteiger partial charge in [0.25, 0.3) is 0 Å². The Hall–Kier alpha value is -1.47. The van der Waals surface area contributed by atoms with E-state index in [0.29, 0.717) is 16.0 Å². The Morgan fingerprint density at radius 3 is 2.73 bits per heavy atom. The molecule has 2 N–H and O–H groups in total. The molecule has 0 spiro atoms. The van der Waals surface area contributed by atoms with Gasteiger partial charge in [-0.15, -0.1) is 0 Å². The van der Waals surface area contributed by atoms with E-state index >= 15 is 0 Å². The summed E-state index contributed by atoms with van der Waals surface area (Å²) in [6, 6.07) is 5.63. The van der Waals surface area contributed by atoms with Crippen molar-refractivity contribution in [3.8, 4) is 0 Å². The second kappa shape index (κ2) is 6.30. The molecule has 5 nitrogen and oxygen atoms in total. The van der Waals surface area contributed by atoms with Crippen LogP contribution in [0.4, 0.5) is 5.95 Å². The van der Waals surface area contributed by atoms with Crippen LogP contribution in [0.5, 0.6) is 0 Å². The number of hydrogen-bond donors (Lipinski definition) is 1. The van der Waals surface area contributed by atoms with Gasteiger partial charge in [-0.1, -0.05) is 41.0 Å². The number of imidazole rings is 1.